The number of rotatable bonds is 9. The molecule has 4 saturated carbocycles. The van der Waals surface area contributed by atoms with Gasteiger partial charge in [-0.2, -0.15) is 0 Å². The molecule has 10 atom stereocenters. The van der Waals surface area contributed by atoms with Crippen molar-refractivity contribution in [1.82, 2.24) is 0 Å². The first-order valence-electron chi connectivity index (χ1n) is 17.8. The molecule has 0 amide bonds. The maximum absolute atomic E-state index is 13.6. The van der Waals surface area contributed by atoms with Crippen LogP contribution in [0.5, 0.6) is 0 Å². The Morgan fingerprint density at radius 2 is 1.66 bits per heavy atom. The summed E-state index contributed by atoms with van der Waals surface area (Å²) >= 11 is 0. The first-order chi connectivity index (χ1) is 21.1. The van der Waals surface area contributed by atoms with Gasteiger partial charge in [-0.15, -0.1) is 0 Å². The molecule has 1 aliphatic heterocycles. The number of benzene rings is 1. The van der Waals surface area contributed by atoms with Gasteiger partial charge in [0.25, 0.3) is 0 Å². The molecule has 6 nitrogen and oxygen atoms in total. The van der Waals surface area contributed by atoms with Gasteiger partial charge in [-0.05, 0) is 104 Å². The Hall–Kier alpha value is -1.92. The lowest BCUT2D eigenvalue weighted by Gasteiger charge is -2.63. The molecule has 5 unspecified atom stereocenters. The maximum Gasteiger partial charge on any atom is 0.338 e. The van der Waals surface area contributed by atoms with Crippen molar-refractivity contribution < 1.29 is 28.5 Å². The van der Waals surface area contributed by atoms with Gasteiger partial charge in [-0.1, -0.05) is 58.7 Å². The molecule has 0 N–H and O–H groups in total. The summed E-state index contributed by atoms with van der Waals surface area (Å²) in [5.41, 5.74) is 1.12. The van der Waals surface area contributed by atoms with Crippen LogP contribution in [0.25, 0.3) is 0 Å². The summed E-state index contributed by atoms with van der Waals surface area (Å²) in [7, 11) is 0. The molecular weight excluding hydrogens is 552 g/mol. The summed E-state index contributed by atoms with van der Waals surface area (Å²) in [6, 6.07) is 9.55. The second-order valence-electron chi connectivity index (χ2n) is 15.6. The molecule has 1 aromatic carbocycles. The molecule has 44 heavy (non-hydrogen) atoms. The number of carbonyl (C=O) groups excluding carboxylic acids is 2. The molecular formula is C38H56O6. The number of carbonyl (C=O) groups is 2. The molecule has 0 radical (unpaired) electrons. The van der Waals surface area contributed by atoms with E-state index in [4.69, 9.17) is 18.9 Å². The topological polar surface area (TPSA) is 71.1 Å². The minimum atomic E-state index is -0.438. The van der Waals surface area contributed by atoms with Crippen LogP contribution in [0.3, 0.4) is 0 Å². The molecule has 5 aliphatic rings. The molecule has 0 bridgehead atoms. The third kappa shape index (κ3) is 5.76. The van der Waals surface area contributed by atoms with Crippen LogP contribution >= 0.6 is 0 Å². The lowest BCUT2D eigenvalue weighted by atomic mass is 9.43. The normalized spacial score (nSPS) is 38.7. The number of hydrogen-bond acceptors (Lipinski definition) is 6. The van der Waals surface area contributed by atoms with Gasteiger partial charge in [0.15, 0.2) is 5.79 Å². The Morgan fingerprint density at radius 3 is 2.39 bits per heavy atom. The fourth-order valence-corrected chi connectivity index (χ4v) is 11.1. The van der Waals surface area contributed by atoms with Gasteiger partial charge >= 0.3 is 11.9 Å². The van der Waals surface area contributed by atoms with Crippen LogP contribution in [0.15, 0.2) is 30.3 Å². The highest BCUT2D eigenvalue weighted by molar-refractivity contribution is 5.89. The predicted molar refractivity (Wildman–Crippen MR) is 170 cm³/mol. The van der Waals surface area contributed by atoms with E-state index in [2.05, 4.69) is 20.8 Å². The third-order valence-electron chi connectivity index (χ3n) is 13.5. The fourth-order valence-electron chi connectivity index (χ4n) is 11.1. The quantitative estimate of drug-likeness (QED) is 0.263. The van der Waals surface area contributed by atoms with Gasteiger partial charge in [-0.3, -0.25) is 4.79 Å². The van der Waals surface area contributed by atoms with E-state index in [1.807, 2.05) is 44.2 Å². The Balaban J connectivity index is 1.21. The van der Waals surface area contributed by atoms with E-state index in [1.165, 1.54) is 25.7 Å². The van der Waals surface area contributed by atoms with Crippen LogP contribution in [0.4, 0.5) is 0 Å². The van der Waals surface area contributed by atoms with Gasteiger partial charge in [0, 0.05) is 18.8 Å². The van der Waals surface area contributed by atoms with Gasteiger partial charge in [0.05, 0.1) is 31.3 Å². The fraction of sp³-hybridized carbons (Fsp3) is 0.789. The molecule has 244 valence electrons. The molecule has 1 saturated heterocycles. The molecule has 1 spiro atoms. The minimum absolute atomic E-state index is 0.0323. The van der Waals surface area contributed by atoms with Gasteiger partial charge in [0.1, 0.15) is 6.10 Å². The van der Waals surface area contributed by atoms with E-state index < -0.39 is 5.79 Å². The van der Waals surface area contributed by atoms with Crippen molar-refractivity contribution in [3.8, 4) is 0 Å². The summed E-state index contributed by atoms with van der Waals surface area (Å²) in [5, 5.41) is 0. The Morgan fingerprint density at radius 1 is 0.932 bits per heavy atom. The van der Waals surface area contributed by atoms with E-state index in [-0.39, 0.29) is 34.8 Å². The molecule has 1 heterocycles. The largest absolute Gasteiger partial charge is 0.466 e. The van der Waals surface area contributed by atoms with Crippen LogP contribution in [0.1, 0.15) is 116 Å². The van der Waals surface area contributed by atoms with Crippen LogP contribution in [0.2, 0.25) is 0 Å². The maximum atomic E-state index is 13.6. The number of esters is 2. The standard InChI is InChI=1S/C38H56O6/c1-6-41-34(39)26(3)12-10-11-25(2)29-15-16-30-33-31(17-18-37(29,30)5)36(4)19-20-38(42-21-22-43-38)24-28(36)23-32(33)44-35(40)27-13-8-7-9-14-27/h7-9,13-14,25-26,28-33H,6,10-12,15-24H2,1-5H3/t25-,26?,28+,29-,30?,31?,32?,33?,36+,37-/m1/s1. The van der Waals surface area contributed by atoms with E-state index >= 15 is 0 Å². The second-order valence-corrected chi connectivity index (χ2v) is 15.6. The van der Waals surface area contributed by atoms with E-state index in [1.54, 1.807) is 0 Å². The summed E-state index contributed by atoms with van der Waals surface area (Å²) in [6.45, 7) is 13.3. The minimum Gasteiger partial charge on any atom is -0.466 e. The molecule has 6 heteroatoms. The van der Waals surface area contributed by atoms with E-state index in [0.717, 1.165) is 44.9 Å². The average molecular weight is 609 g/mol. The summed E-state index contributed by atoms with van der Waals surface area (Å²) in [5.74, 6) is 2.49. The second kappa shape index (κ2) is 12.7. The highest BCUT2D eigenvalue weighted by Gasteiger charge is 2.65. The highest BCUT2D eigenvalue weighted by atomic mass is 16.7. The number of hydrogen-bond donors (Lipinski definition) is 0. The van der Waals surface area contributed by atoms with Crippen LogP contribution < -0.4 is 0 Å². The summed E-state index contributed by atoms with van der Waals surface area (Å²) in [4.78, 5) is 25.8. The average Bonchev–Trinajstić information content (AvgIpc) is 3.62. The molecule has 6 rings (SSSR count). The zero-order valence-electron chi connectivity index (χ0n) is 27.9. The van der Waals surface area contributed by atoms with Crippen LogP contribution in [0, 0.1) is 52.3 Å². The zero-order valence-corrected chi connectivity index (χ0v) is 27.9. The Kier molecular flexibility index (Phi) is 9.25. The monoisotopic (exact) mass is 608 g/mol. The lowest BCUT2D eigenvalue weighted by molar-refractivity contribution is -0.242. The van der Waals surface area contributed by atoms with Gasteiger partial charge in [-0.25, -0.2) is 4.79 Å². The Bertz CT molecular complexity index is 1160. The van der Waals surface area contributed by atoms with Crippen molar-refractivity contribution in [2.45, 2.75) is 117 Å². The van der Waals surface area contributed by atoms with E-state index in [0.29, 0.717) is 60.9 Å². The predicted octanol–water partition coefficient (Wildman–Crippen LogP) is 8.23. The molecule has 0 aromatic heterocycles. The van der Waals surface area contributed by atoms with Gasteiger partial charge < -0.3 is 18.9 Å². The molecule has 4 aliphatic carbocycles. The number of fused-ring (bicyclic) bond motifs is 5. The van der Waals surface area contributed by atoms with Crippen molar-refractivity contribution in [3.63, 3.8) is 0 Å². The summed E-state index contributed by atoms with van der Waals surface area (Å²) in [6.07, 6.45) is 11.9. The van der Waals surface area contributed by atoms with Crippen LogP contribution in [-0.4, -0.2) is 43.7 Å². The summed E-state index contributed by atoms with van der Waals surface area (Å²) < 4.78 is 24.3. The van der Waals surface area contributed by atoms with Crippen molar-refractivity contribution in [2.24, 2.45) is 52.3 Å². The zero-order chi connectivity index (χ0) is 31.1. The van der Waals surface area contributed by atoms with Crippen molar-refractivity contribution in [2.75, 3.05) is 19.8 Å². The highest BCUT2D eigenvalue weighted by Crippen LogP contribution is 2.69. The first kappa shape index (κ1) is 32.0. The molecule has 1 aromatic rings. The van der Waals surface area contributed by atoms with Crippen molar-refractivity contribution in [3.05, 3.63) is 35.9 Å². The van der Waals surface area contributed by atoms with E-state index in [9.17, 15) is 9.59 Å². The lowest BCUT2D eigenvalue weighted by Crippen LogP contribution is -2.60. The van der Waals surface area contributed by atoms with Gasteiger partial charge in [0.2, 0.25) is 0 Å². The SMILES string of the molecule is CCOC(=O)C(C)CCC[C@@H](C)[C@H]1CCC2C3C(OC(=O)c4ccccc4)C[C@H]4CC5(CC[C@]4(C)C3CC[C@@]21C)OCCO5. The third-order valence-corrected chi connectivity index (χ3v) is 13.5. The van der Waals surface area contributed by atoms with Crippen molar-refractivity contribution >= 4 is 11.9 Å². The first-order valence-corrected chi connectivity index (χ1v) is 17.8. The van der Waals surface area contributed by atoms with Crippen LogP contribution in [-0.2, 0) is 23.7 Å². The number of ether oxygens (including phenoxy) is 4. The Labute approximate surface area is 265 Å². The molecule has 5 fully saturated rings. The smallest absolute Gasteiger partial charge is 0.338 e. The van der Waals surface area contributed by atoms with Crippen molar-refractivity contribution in [1.29, 1.82) is 0 Å².